The lowest BCUT2D eigenvalue weighted by Crippen LogP contribution is -2.15. The second-order valence-electron chi connectivity index (χ2n) is 4.04. The molecule has 0 aliphatic rings. The molecule has 2 rings (SSSR count). The van der Waals surface area contributed by atoms with Crippen molar-refractivity contribution in [3.63, 3.8) is 0 Å². The van der Waals surface area contributed by atoms with Crippen molar-refractivity contribution in [2.75, 3.05) is 10.5 Å². The van der Waals surface area contributed by atoms with Crippen molar-refractivity contribution >= 4 is 71.5 Å². The van der Waals surface area contributed by atoms with Crippen LogP contribution in [0.4, 0.5) is 15.8 Å². The van der Waals surface area contributed by atoms with Crippen LogP contribution in [0, 0.1) is 9.39 Å². The fourth-order valence-electron chi connectivity index (χ4n) is 1.55. The van der Waals surface area contributed by atoms with E-state index in [1.165, 1.54) is 30.3 Å². The zero-order valence-corrected chi connectivity index (χ0v) is 15.5. The van der Waals surface area contributed by atoms with Crippen molar-refractivity contribution in [1.29, 1.82) is 0 Å². The molecule has 0 atom stereocenters. The molecule has 0 heterocycles. The SMILES string of the molecule is Nc1cc(Cl)cc(S(=O)(=O)Nc2ccc(F)cc2I)c1Br. The minimum absolute atomic E-state index is 0.0902. The van der Waals surface area contributed by atoms with Gasteiger partial charge in [0, 0.05) is 14.3 Å². The minimum Gasteiger partial charge on any atom is -0.398 e. The predicted octanol–water partition coefficient (Wildman–Crippen LogP) is 4.23. The maximum Gasteiger partial charge on any atom is 0.263 e. The maximum atomic E-state index is 13.0. The summed E-state index contributed by atoms with van der Waals surface area (Å²) in [7, 11) is -3.91. The summed E-state index contributed by atoms with van der Waals surface area (Å²) in [5.74, 6) is -0.449. The quantitative estimate of drug-likeness (QED) is 0.485. The number of benzene rings is 2. The zero-order chi connectivity index (χ0) is 15.8. The highest BCUT2D eigenvalue weighted by Gasteiger charge is 2.21. The Morgan fingerprint density at radius 2 is 1.95 bits per heavy atom. The van der Waals surface area contributed by atoms with E-state index in [4.69, 9.17) is 17.3 Å². The van der Waals surface area contributed by atoms with Crippen molar-refractivity contribution in [3.05, 3.63) is 49.2 Å². The molecule has 0 amide bonds. The number of nitrogen functional groups attached to an aromatic ring is 1. The molecule has 0 aliphatic carbocycles. The van der Waals surface area contributed by atoms with Gasteiger partial charge in [-0.2, -0.15) is 0 Å². The zero-order valence-electron chi connectivity index (χ0n) is 10.2. The first kappa shape index (κ1) is 16.8. The molecule has 9 heteroatoms. The third-order valence-electron chi connectivity index (χ3n) is 2.50. The Kier molecular flexibility index (Phi) is 5.01. The van der Waals surface area contributed by atoms with E-state index in [0.717, 1.165) is 0 Å². The van der Waals surface area contributed by atoms with Gasteiger partial charge in [0.2, 0.25) is 0 Å². The molecular weight excluding hydrogens is 497 g/mol. The van der Waals surface area contributed by atoms with Gasteiger partial charge in [0.15, 0.2) is 0 Å². The molecule has 3 N–H and O–H groups in total. The van der Waals surface area contributed by atoms with E-state index in [2.05, 4.69) is 20.7 Å². The van der Waals surface area contributed by atoms with Gasteiger partial charge in [-0.15, -0.1) is 0 Å². The van der Waals surface area contributed by atoms with Crippen LogP contribution in [0.3, 0.4) is 0 Å². The molecule has 0 radical (unpaired) electrons. The highest BCUT2D eigenvalue weighted by atomic mass is 127. The molecule has 0 aromatic heterocycles. The van der Waals surface area contributed by atoms with E-state index < -0.39 is 15.8 Å². The molecule has 0 bridgehead atoms. The largest absolute Gasteiger partial charge is 0.398 e. The van der Waals surface area contributed by atoms with Gasteiger partial charge >= 0.3 is 0 Å². The van der Waals surface area contributed by atoms with E-state index in [0.29, 0.717) is 3.57 Å². The van der Waals surface area contributed by atoms with Crippen LogP contribution in [0.5, 0.6) is 0 Å². The van der Waals surface area contributed by atoms with Gasteiger partial charge in [-0.05, 0) is 68.9 Å². The second kappa shape index (κ2) is 6.27. The number of anilines is 2. The van der Waals surface area contributed by atoms with Crippen LogP contribution < -0.4 is 10.5 Å². The predicted molar refractivity (Wildman–Crippen MR) is 93.5 cm³/mol. The van der Waals surface area contributed by atoms with Crippen LogP contribution in [0.25, 0.3) is 0 Å². The highest BCUT2D eigenvalue weighted by Crippen LogP contribution is 2.33. The number of nitrogens with one attached hydrogen (secondary N) is 1. The first-order chi connectivity index (χ1) is 9.70. The van der Waals surface area contributed by atoms with Crippen molar-refractivity contribution in [2.45, 2.75) is 4.90 Å². The summed E-state index contributed by atoms with van der Waals surface area (Å²) in [6.45, 7) is 0. The van der Waals surface area contributed by atoms with Gasteiger partial charge in [0.25, 0.3) is 10.0 Å². The molecule has 0 aliphatic heterocycles. The van der Waals surface area contributed by atoms with Gasteiger partial charge < -0.3 is 5.73 Å². The van der Waals surface area contributed by atoms with Crippen molar-refractivity contribution in [3.8, 4) is 0 Å². The van der Waals surface area contributed by atoms with Gasteiger partial charge in [-0.1, -0.05) is 11.6 Å². The van der Waals surface area contributed by atoms with Gasteiger partial charge in [0.05, 0.1) is 10.2 Å². The number of hydrogen-bond donors (Lipinski definition) is 2. The Hall–Kier alpha value is -0.580. The maximum absolute atomic E-state index is 13.0. The van der Waals surface area contributed by atoms with Gasteiger partial charge in [-0.3, -0.25) is 4.72 Å². The fraction of sp³-hybridized carbons (Fsp3) is 0. The lowest BCUT2D eigenvalue weighted by molar-refractivity contribution is 0.600. The summed E-state index contributed by atoms with van der Waals surface area (Å²) in [6, 6.07) is 6.45. The third kappa shape index (κ3) is 3.79. The van der Waals surface area contributed by atoms with Crippen LogP contribution >= 0.6 is 50.1 Å². The number of halogens is 4. The van der Waals surface area contributed by atoms with Crippen LogP contribution in [-0.2, 0) is 10.0 Å². The Bertz CT molecular complexity index is 817. The van der Waals surface area contributed by atoms with E-state index in [-0.39, 0.29) is 25.8 Å². The van der Waals surface area contributed by atoms with E-state index in [9.17, 15) is 12.8 Å². The molecule has 0 spiro atoms. The smallest absolute Gasteiger partial charge is 0.263 e. The van der Waals surface area contributed by atoms with E-state index >= 15 is 0 Å². The molecule has 112 valence electrons. The van der Waals surface area contributed by atoms with Crippen LogP contribution in [0.2, 0.25) is 5.02 Å². The number of hydrogen-bond acceptors (Lipinski definition) is 3. The van der Waals surface area contributed by atoms with E-state index in [1.54, 1.807) is 0 Å². The van der Waals surface area contributed by atoms with Crippen molar-refractivity contribution in [1.82, 2.24) is 0 Å². The highest BCUT2D eigenvalue weighted by molar-refractivity contribution is 14.1. The minimum atomic E-state index is -3.91. The number of sulfonamides is 1. The molecule has 0 fully saturated rings. The van der Waals surface area contributed by atoms with Gasteiger partial charge in [0.1, 0.15) is 10.7 Å². The van der Waals surface area contributed by atoms with Crippen LogP contribution in [0.1, 0.15) is 0 Å². The molecule has 2 aromatic rings. The first-order valence-electron chi connectivity index (χ1n) is 5.43. The molecule has 21 heavy (non-hydrogen) atoms. The summed E-state index contributed by atoms with van der Waals surface area (Å²) in [4.78, 5) is -0.0902. The summed E-state index contributed by atoms with van der Waals surface area (Å²) in [5, 5.41) is 0.199. The third-order valence-corrected chi connectivity index (χ3v) is 6.14. The second-order valence-corrected chi connectivity index (χ2v) is 8.08. The van der Waals surface area contributed by atoms with E-state index in [1.807, 2.05) is 22.6 Å². The van der Waals surface area contributed by atoms with Crippen molar-refractivity contribution in [2.24, 2.45) is 0 Å². The Balaban J connectivity index is 2.48. The summed E-state index contributed by atoms with van der Waals surface area (Å²) >= 11 is 10.8. The summed E-state index contributed by atoms with van der Waals surface area (Å²) < 4.78 is 40.9. The molecular formula is C12H8BrClFIN2O2S. The molecule has 0 saturated carbocycles. The summed E-state index contributed by atoms with van der Waals surface area (Å²) in [6.07, 6.45) is 0. The Labute approximate surface area is 148 Å². The average molecular weight is 506 g/mol. The normalized spacial score (nSPS) is 11.4. The molecule has 4 nitrogen and oxygen atoms in total. The Morgan fingerprint density at radius 1 is 1.29 bits per heavy atom. The molecule has 0 saturated heterocycles. The lowest BCUT2D eigenvalue weighted by atomic mass is 10.3. The molecule has 2 aromatic carbocycles. The lowest BCUT2D eigenvalue weighted by Gasteiger charge is -2.12. The average Bonchev–Trinajstić information content (AvgIpc) is 2.37. The van der Waals surface area contributed by atoms with Crippen LogP contribution in [-0.4, -0.2) is 8.42 Å². The number of nitrogens with two attached hydrogens (primary N) is 1. The monoisotopic (exact) mass is 504 g/mol. The molecule has 0 unspecified atom stereocenters. The Morgan fingerprint density at radius 3 is 2.57 bits per heavy atom. The standard InChI is InChI=1S/C12H8BrClFIN2O2S/c13-12-9(17)3-6(14)4-11(12)21(19,20)18-10-2-1-7(15)5-8(10)16/h1-5,18H,17H2. The number of rotatable bonds is 3. The summed E-state index contributed by atoms with van der Waals surface area (Å²) in [5.41, 5.74) is 6.16. The fourth-order valence-corrected chi connectivity index (χ4v) is 4.72. The first-order valence-corrected chi connectivity index (χ1v) is 9.16. The van der Waals surface area contributed by atoms with Gasteiger partial charge in [-0.25, -0.2) is 12.8 Å². The van der Waals surface area contributed by atoms with Crippen LogP contribution in [0.15, 0.2) is 39.7 Å². The van der Waals surface area contributed by atoms with Crippen molar-refractivity contribution < 1.29 is 12.8 Å². The topological polar surface area (TPSA) is 72.2 Å².